The molecule has 0 nitrogen and oxygen atoms in total. The first kappa shape index (κ1) is 29.9. The van der Waals surface area contributed by atoms with Crippen molar-refractivity contribution >= 4 is 69.4 Å². The van der Waals surface area contributed by atoms with Gasteiger partial charge in [0.15, 0.2) is 0 Å². The topological polar surface area (TPSA) is 0 Å². The highest BCUT2D eigenvalue weighted by molar-refractivity contribution is 7.25. The predicted molar refractivity (Wildman–Crippen MR) is 226 cm³/mol. The third-order valence-corrected chi connectivity index (χ3v) is 13.1. The van der Waals surface area contributed by atoms with Crippen molar-refractivity contribution in [1.29, 1.82) is 0 Å². The molecule has 246 valence electrons. The second-order valence-corrected chi connectivity index (χ2v) is 16.2. The molecule has 0 spiro atoms. The second-order valence-electron chi connectivity index (χ2n) is 15.1. The molecule has 0 saturated carbocycles. The fourth-order valence-electron chi connectivity index (χ4n) is 9.48. The van der Waals surface area contributed by atoms with Crippen molar-refractivity contribution in [2.75, 3.05) is 0 Å². The molecule has 2 aliphatic carbocycles. The lowest BCUT2D eigenvalue weighted by Gasteiger charge is -2.24. The minimum absolute atomic E-state index is 0.0132. The molecule has 1 aromatic heterocycles. The lowest BCUT2D eigenvalue weighted by molar-refractivity contribution is 0.651. The largest absolute Gasteiger partial charge is 0.135 e. The Morgan fingerprint density at radius 1 is 0.500 bits per heavy atom. The van der Waals surface area contributed by atoms with E-state index in [1.165, 1.54) is 108 Å². The molecule has 9 aromatic rings. The lowest BCUT2D eigenvalue weighted by atomic mass is 9.79. The number of rotatable bonds is 3. The van der Waals surface area contributed by atoms with E-state index in [0.717, 1.165) is 12.8 Å². The predicted octanol–water partition coefficient (Wildman–Crippen LogP) is 14.9. The third-order valence-electron chi connectivity index (χ3n) is 11.9. The molecule has 0 saturated heterocycles. The maximum atomic E-state index is 2.52. The summed E-state index contributed by atoms with van der Waals surface area (Å²) in [5, 5.41) is 10.4. The Morgan fingerprint density at radius 3 is 2.08 bits per heavy atom. The molecule has 0 aliphatic heterocycles. The maximum absolute atomic E-state index is 2.52. The fraction of sp³-hybridized carbons (Fsp3) is 0.0980. The van der Waals surface area contributed by atoms with Crippen LogP contribution in [0.5, 0.6) is 0 Å². The molecule has 0 N–H and O–H groups in total. The van der Waals surface area contributed by atoms with Crippen molar-refractivity contribution in [3.63, 3.8) is 0 Å². The molecule has 52 heavy (non-hydrogen) atoms. The van der Waals surface area contributed by atoms with E-state index in [9.17, 15) is 0 Å². The number of hydrogen-bond donors (Lipinski definition) is 0. The van der Waals surface area contributed by atoms with Gasteiger partial charge in [-0.1, -0.05) is 141 Å². The number of allylic oxidation sites excluding steroid dienone is 4. The first-order valence-corrected chi connectivity index (χ1v) is 19.3. The van der Waals surface area contributed by atoms with Crippen LogP contribution < -0.4 is 0 Å². The molecule has 0 fully saturated rings. The molecule has 1 heteroatoms. The summed E-state index contributed by atoms with van der Waals surface area (Å²) in [6.45, 7) is 4.79. The molecule has 0 bridgehead atoms. The average molecular weight is 681 g/mol. The number of fused-ring (bicyclic) bond motifs is 8. The van der Waals surface area contributed by atoms with Crippen molar-refractivity contribution in [3.8, 4) is 33.4 Å². The zero-order valence-electron chi connectivity index (χ0n) is 29.3. The zero-order chi connectivity index (χ0) is 34.6. The molecule has 0 unspecified atom stereocenters. The Hall–Kier alpha value is -5.76. The van der Waals surface area contributed by atoms with Crippen molar-refractivity contribution in [3.05, 3.63) is 174 Å². The van der Waals surface area contributed by atoms with Crippen LogP contribution in [0.25, 0.3) is 91.4 Å². The minimum atomic E-state index is 0.0132. The van der Waals surface area contributed by atoms with E-state index < -0.39 is 0 Å². The minimum Gasteiger partial charge on any atom is -0.135 e. The summed E-state index contributed by atoms with van der Waals surface area (Å²) in [5.41, 5.74) is 13.6. The van der Waals surface area contributed by atoms with Gasteiger partial charge < -0.3 is 0 Å². The molecule has 1 heterocycles. The highest BCUT2D eigenvalue weighted by Gasteiger charge is 2.37. The van der Waals surface area contributed by atoms with Crippen LogP contribution in [-0.4, -0.2) is 0 Å². The van der Waals surface area contributed by atoms with Gasteiger partial charge in [0.1, 0.15) is 0 Å². The normalized spacial score (nSPS) is 15.0. The Labute approximate surface area is 308 Å². The van der Waals surface area contributed by atoms with Crippen LogP contribution in [0.15, 0.2) is 163 Å². The highest BCUT2D eigenvalue weighted by atomic mass is 32.1. The van der Waals surface area contributed by atoms with Crippen LogP contribution in [0.4, 0.5) is 0 Å². The molecular formula is C51H36S. The van der Waals surface area contributed by atoms with Gasteiger partial charge in [0.2, 0.25) is 0 Å². The SMILES string of the molecule is CC1(C)C2=C(CCC=C2)c2cc(-c3c4ccccc4c(-c4cccc5sc6ccccc6c45)c4ccc(-c5ccc6ccccc6c5)cc34)ccc21. The molecule has 0 amide bonds. The van der Waals surface area contributed by atoms with Crippen LogP contribution in [0.3, 0.4) is 0 Å². The maximum Gasteiger partial charge on any atom is 0.0361 e. The van der Waals surface area contributed by atoms with Gasteiger partial charge in [-0.3, -0.25) is 0 Å². The molecule has 8 aromatic carbocycles. The van der Waals surface area contributed by atoms with Gasteiger partial charge in [0.25, 0.3) is 0 Å². The van der Waals surface area contributed by atoms with Crippen LogP contribution in [0.2, 0.25) is 0 Å². The number of thiophene rings is 1. The Kier molecular flexibility index (Phi) is 6.40. The van der Waals surface area contributed by atoms with Crippen LogP contribution in [-0.2, 0) is 5.41 Å². The van der Waals surface area contributed by atoms with Crippen LogP contribution in [0.1, 0.15) is 37.8 Å². The van der Waals surface area contributed by atoms with Crippen molar-refractivity contribution in [1.82, 2.24) is 0 Å². The van der Waals surface area contributed by atoms with E-state index in [-0.39, 0.29) is 5.41 Å². The highest BCUT2D eigenvalue weighted by Crippen LogP contribution is 2.53. The smallest absolute Gasteiger partial charge is 0.0361 e. The summed E-state index contributed by atoms with van der Waals surface area (Å²) in [7, 11) is 0. The standard InChI is InChI=1S/C51H36S/c1-51(2)44-19-9-7-14-36(44)42-30-35(25-27-45(42)51)48-37-15-5-6-16-38(37)49(41-18-11-21-47-50(41)40-17-8-10-20-46(40)52-47)39-26-24-34(29-43(39)48)33-23-22-31-12-3-4-13-32(31)28-33/h3-6,8-13,15-30H,7,14H2,1-2H3. The summed E-state index contributed by atoms with van der Waals surface area (Å²) >= 11 is 1.89. The van der Waals surface area contributed by atoms with E-state index >= 15 is 0 Å². The quantitative estimate of drug-likeness (QED) is 0.163. The number of hydrogen-bond acceptors (Lipinski definition) is 1. The summed E-state index contributed by atoms with van der Waals surface area (Å²) in [4.78, 5) is 0. The monoisotopic (exact) mass is 680 g/mol. The van der Waals surface area contributed by atoms with Gasteiger partial charge in [-0.05, 0) is 131 Å². The number of benzene rings is 8. The van der Waals surface area contributed by atoms with Gasteiger partial charge in [-0.2, -0.15) is 0 Å². The van der Waals surface area contributed by atoms with E-state index in [4.69, 9.17) is 0 Å². The molecule has 11 rings (SSSR count). The van der Waals surface area contributed by atoms with E-state index in [1.54, 1.807) is 0 Å². The van der Waals surface area contributed by atoms with Gasteiger partial charge in [0.05, 0.1) is 0 Å². The zero-order valence-corrected chi connectivity index (χ0v) is 30.2. The van der Waals surface area contributed by atoms with Gasteiger partial charge in [-0.25, -0.2) is 0 Å². The van der Waals surface area contributed by atoms with Gasteiger partial charge in [-0.15, -0.1) is 11.3 Å². The first-order valence-electron chi connectivity index (χ1n) is 18.5. The summed E-state index contributed by atoms with van der Waals surface area (Å²) < 4.78 is 2.67. The van der Waals surface area contributed by atoms with Crippen molar-refractivity contribution < 1.29 is 0 Å². The second kappa shape index (κ2) is 11.1. The van der Waals surface area contributed by atoms with Crippen LogP contribution in [0, 0.1) is 0 Å². The van der Waals surface area contributed by atoms with Gasteiger partial charge >= 0.3 is 0 Å². The molecular weight excluding hydrogens is 645 g/mol. The van der Waals surface area contributed by atoms with Crippen molar-refractivity contribution in [2.24, 2.45) is 0 Å². The summed E-state index contributed by atoms with van der Waals surface area (Å²) in [6.07, 6.45) is 6.97. The molecule has 2 aliphatic rings. The molecule has 0 radical (unpaired) electrons. The van der Waals surface area contributed by atoms with E-state index in [2.05, 4.69) is 172 Å². The summed E-state index contributed by atoms with van der Waals surface area (Å²) in [5.74, 6) is 0. The Bertz CT molecular complexity index is 3040. The van der Waals surface area contributed by atoms with Gasteiger partial charge in [0, 0.05) is 25.6 Å². The Balaban J connectivity index is 1.26. The van der Waals surface area contributed by atoms with Crippen molar-refractivity contribution in [2.45, 2.75) is 32.1 Å². The lowest BCUT2D eigenvalue weighted by Crippen LogP contribution is -2.16. The average Bonchev–Trinajstić information content (AvgIpc) is 3.68. The fourth-order valence-corrected chi connectivity index (χ4v) is 10.6. The molecule has 0 atom stereocenters. The third kappa shape index (κ3) is 4.27. The Morgan fingerprint density at radius 2 is 1.19 bits per heavy atom. The van der Waals surface area contributed by atoms with E-state index in [0.29, 0.717) is 0 Å². The van der Waals surface area contributed by atoms with E-state index in [1.807, 2.05) is 11.3 Å². The first-order chi connectivity index (χ1) is 25.5. The van der Waals surface area contributed by atoms with Crippen LogP contribution >= 0.6 is 11.3 Å². The summed E-state index contributed by atoms with van der Waals surface area (Å²) in [6, 6.07) is 55.1.